The Morgan fingerprint density at radius 3 is 2.76 bits per heavy atom. The smallest absolute Gasteiger partial charge is 0.151 e. The van der Waals surface area contributed by atoms with Gasteiger partial charge in [0.1, 0.15) is 0 Å². The number of rotatable bonds is 8. The van der Waals surface area contributed by atoms with E-state index in [0.717, 1.165) is 32.2 Å². The fourth-order valence-electron chi connectivity index (χ4n) is 2.51. The molecule has 1 aliphatic heterocycles. The highest BCUT2D eigenvalue weighted by Gasteiger charge is 2.24. The van der Waals surface area contributed by atoms with Crippen LogP contribution in [-0.4, -0.2) is 55.7 Å². The highest BCUT2D eigenvalue weighted by molar-refractivity contribution is 7.91. The van der Waals surface area contributed by atoms with Gasteiger partial charge in [-0.2, -0.15) is 0 Å². The van der Waals surface area contributed by atoms with Gasteiger partial charge in [-0.3, -0.25) is 4.90 Å². The summed E-state index contributed by atoms with van der Waals surface area (Å²) < 4.78 is 23.3. The molecule has 1 rings (SSSR count). The van der Waals surface area contributed by atoms with Crippen LogP contribution in [0.4, 0.5) is 0 Å². The molecule has 1 atom stereocenters. The maximum absolute atomic E-state index is 11.6. The van der Waals surface area contributed by atoms with E-state index in [1.165, 1.54) is 0 Å². The van der Waals surface area contributed by atoms with Gasteiger partial charge in [0, 0.05) is 24.9 Å². The summed E-state index contributed by atoms with van der Waals surface area (Å²) in [5, 5.41) is 8.83. The van der Waals surface area contributed by atoms with Crippen LogP contribution in [0.2, 0.25) is 0 Å². The van der Waals surface area contributed by atoms with Crippen LogP contribution in [0, 0.1) is 0 Å². The van der Waals surface area contributed by atoms with Crippen molar-refractivity contribution in [2.75, 3.05) is 31.2 Å². The minimum Gasteiger partial charge on any atom is -0.396 e. The number of aliphatic hydroxyl groups is 1. The zero-order valence-corrected chi connectivity index (χ0v) is 11.6. The summed E-state index contributed by atoms with van der Waals surface area (Å²) in [7, 11) is -2.85. The van der Waals surface area contributed by atoms with Crippen LogP contribution in [0.3, 0.4) is 0 Å². The minimum absolute atomic E-state index is 0.235. The van der Waals surface area contributed by atoms with Gasteiger partial charge >= 0.3 is 0 Å². The lowest BCUT2D eigenvalue weighted by Gasteiger charge is -2.24. The van der Waals surface area contributed by atoms with Gasteiger partial charge in [-0.05, 0) is 38.6 Å². The Balaban J connectivity index is 2.35. The number of hydrogen-bond acceptors (Lipinski definition) is 4. The molecule has 1 heterocycles. The van der Waals surface area contributed by atoms with Crippen LogP contribution < -0.4 is 0 Å². The van der Waals surface area contributed by atoms with E-state index in [9.17, 15) is 8.42 Å². The second-order valence-corrected chi connectivity index (χ2v) is 7.15. The third kappa shape index (κ3) is 5.36. The van der Waals surface area contributed by atoms with Crippen LogP contribution in [0.15, 0.2) is 0 Å². The topological polar surface area (TPSA) is 57.6 Å². The van der Waals surface area contributed by atoms with Crippen molar-refractivity contribution in [3.8, 4) is 0 Å². The number of likely N-dealkylation sites (tertiary alicyclic amines) is 1. The Labute approximate surface area is 105 Å². The molecule has 102 valence electrons. The van der Waals surface area contributed by atoms with Crippen LogP contribution in [0.5, 0.6) is 0 Å². The van der Waals surface area contributed by atoms with E-state index in [4.69, 9.17) is 5.11 Å². The predicted molar refractivity (Wildman–Crippen MR) is 69.9 cm³/mol. The molecule has 0 radical (unpaired) electrons. The van der Waals surface area contributed by atoms with Gasteiger partial charge in [0.05, 0.1) is 5.75 Å². The van der Waals surface area contributed by atoms with Crippen molar-refractivity contribution < 1.29 is 13.5 Å². The van der Waals surface area contributed by atoms with Gasteiger partial charge < -0.3 is 5.11 Å². The Morgan fingerprint density at radius 2 is 2.12 bits per heavy atom. The first kappa shape index (κ1) is 14.9. The zero-order valence-electron chi connectivity index (χ0n) is 10.8. The number of aliphatic hydroxyl groups excluding tert-OH is 1. The molecule has 0 spiro atoms. The van der Waals surface area contributed by atoms with Gasteiger partial charge in [-0.1, -0.05) is 6.92 Å². The summed E-state index contributed by atoms with van der Waals surface area (Å²) in [5.74, 6) is 0.596. The third-order valence-electron chi connectivity index (χ3n) is 3.40. The lowest BCUT2D eigenvalue weighted by atomic mass is 10.1. The summed E-state index contributed by atoms with van der Waals surface area (Å²) in [5.41, 5.74) is 0. The highest BCUT2D eigenvalue weighted by atomic mass is 32.2. The molecule has 1 saturated heterocycles. The Bertz CT molecular complexity index is 303. The summed E-state index contributed by atoms with van der Waals surface area (Å²) in [6.07, 6.45) is 4.82. The molecule has 1 N–H and O–H groups in total. The maximum Gasteiger partial charge on any atom is 0.151 e. The molecule has 0 bridgehead atoms. The van der Waals surface area contributed by atoms with E-state index in [2.05, 4.69) is 4.90 Å². The van der Waals surface area contributed by atoms with E-state index >= 15 is 0 Å². The lowest BCUT2D eigenvalue weighted by molar-refractivity contribution is 0.224. The monoisotopic (exact) mass is 263 g/mol. The van der Waals surface area contributed by atoms with Crippen molar-refractivity contribution in [2.45, 2.75) is 45.1 Å². The van der Waals surface area contributed by atoms with Gasteiger partial charge in [0.25, 0.3) is 0 Å². The van der Waals surface area contributed by atoms with Crippen LogP contribution in [0.25, 0.3) is 0 Å². The SMILES string of the molecule is CCCS(=O)(=O)CCN1CCCC1CCCO. The van der Waals surface area contributed by atoms with E-state index < -0.39 is 9.84 Å². The quantitative estimate of drug-likeness (QED) is 0.711. The Morgan fingerprint density at radius 1 is 1.35 bits per heavy atom. The first-order valence-corrected chi connectivity index (χ1v) is 8.46. The maximum atomic E-state index is 11.6. The van der Waals surface area contributed by atoms with Crippen molar-refractivity contribution in [3.05, 3.63) is 0 Å². The van der Waals surface area contributed by atoms with Crippen molar-refractivity contribution in [1.82, 2.24) is 4.90 Å². The summed E-state index contributed by atoms with van der Waals surface area (Å²) in [6.45, 7) is 3.81. The minimum atomic E-state index is -2.85. The largest absolute Gasteiger partial charge is 0.396 e. The molecule has 1 unspecified atom stereocenters. The van der Waals surface area contributed by atoms with E-state index in [1.807, 2.05) is 6.92 Å². The molecule has 0 aromatic heterocycles. The molecule has 0 saturated carbocycles. The predicted octanol–water partition coefficient (Wildman–Crippen LogP) is 1.05. The molecule has 0 aliphatic carbocycles. The Kier molecular flexibility index (Phi) is 6.44. The van der Waals surface area contributed by atoms with E-state index in [0.29, 0.717) is 24.8 Å². The lowest BCUT2D eigenvalue weighted by Crippen LogP contribution is -2.34. The number of sulfone groups is 1. The fourth-order valence-corrected chi connectivity index (χ4v) is 3.85. The fraction of sp³-hybridized carbons (Fsp3) is 1.00. The standard InChI is InChI=1S/C12H25NO3S/c1-2-10-17(15,16)11-8-13-7-3-5-12(13)6-4-9-14/h12,14H,2-11H2,1H3. The van der Waals surface area contributed by atoms with Crippen LogP contribution >= 0.6 is 0 Å². The van der Waals surface area contributed by atoms with E-state index in [1.54, 1.807) is 0 Å². The molecule has 1 aliphatic rings. The number of hydrogen-bond donors (Lipinski definition) is 1. The summed E-state index contributed by atoms with van der Waals surface area (Å²) >= 11 is 0. The first-order valence-electron chi connectivity index (χ1n) is 6.64. The zero-order chi connectivity index (χ0) is 12.7. The van der Waals surface area contributed by atoms with Crippen LogP contribution in [0.1, 0.15) is 39.0 Å². The Hall–Kier alpha value is -0.130. The molecule has 0 aromatic rings. The molecular formula is C12H25NO3S. The van der Waals surface area contributed by atoms with Crippen molar-refractivity contribution in [2.24, 2.45) is 0 Å². The summed E-state index contributed by atoms with van der Waals surface area (Å²) in [6, 6.07) is 0.485. The average molecular weight is 263 g/mol. The van der Waals surface area contributed by atoms with Crippen LogP contribution in [-0.2, 0) is 9.84 Å². The first-order chi connectivity index (χ1) is 8.09. The van der Waals surface area contributed by atoms with Crippen molar-refractivity contribution in [1.29, 1.82) is 0 Å². The molecular weight excluding hydrogens is 238 g/mol. The second kappa shape index (κ2) is 7.34. The van der Waals surface area contributed by atoms with Crippen molar-refractivity contribution >= 4 is 9.84 Å². The van der Waals surface area contributed by atoms with Gasteiger partial charge in [0.15, 0.2) is 9.84 Å². The third-order valence-corrected chi connectivity index (χ3v) is 5.23. The highest BCUT2D eigenvalue weighted by Crippen LogP contribution is 2.20. The molecule has 0 amide bonds. The van der Waals surface area contributed by atoms with Gasteiger partial charge in [-0.15, -0.1) is 0 Å². The van der Waals surface area contributed by atoms with Gasteiger partial charge in [-0.25, -0.2) is 8.42 Å². The van der Waals surface area contributed by atoms with Crippen molar-refractivity contribution in [3.63, 3.8) is 0 Å². The molecule has 0 aromatic carbocycles. The second-order valence-electron chi connectivity index (χ2n) is 4.85. The molecule has 1 fully saturated rings. The van der Waals surface area contributed by atoms with E-state index in [-0.39, 0.29) is 12.4 Å². The molecule has 5 heteroatoms. The molecule has 4 nitrogen and oxygen atoms in total. The van der Waals surface area contributed by atoms with Gasteiger partial charge in [0.2, 0.25) is 0 Å². The average Bonchev–Trinajstić information content (AvgIpc) is 2.71. The normalized spacial score (nSPS) is 22.1. The number of nitrogens with zero attached hydrogens (tertiary/aromatic N) is 1. The molecule has 17 heavy (non-hydrogen) atoms. The summed E-state index contributed by atoms with van der Waals surface area (Å²) in [4.78, 5) is 2.28.